The van der Waals surface area contributed by atoms with E-state index >= 15 is 0 Å². The topological polar surface area (TPSA) is 201 Å². The zero-order chi connectivity index (χ0) is 26.8. The van der Waals surface area contributed by atoms with Gasteiger partial charge in [-0.2, -0.15) is 11.8 Å². The number of nitrogens with one attached hydrogen (secondary N) is 4. The number of rotatable bonds is 9. The van der Waals surface area contributed by atoms with Crippen molar-refractivity contribution in [3.05, 3.63) is 17.8 Å². The number of hydrogen-bond acceptors (Lipinski definition) is 11. The molecule has 0 spiro atoms. The molecule has 3 aliphatic heterocycles. The lowest BCUT2D eigenvalue weighted by Gasteiger charge is -2.43. The molecule has 5 heterocycles. The van der Waals surface area contributed by atoms with Crippen molar-refractivity contribution in [2.45, 2.75) is 80.4 Å². The number of aromatic nitrogens is 3. The molecule has 2 aromatic heterocycles. The van der Waals surface area contributed by atoms with Gasteiger partial charge in [-0.3, -0.25) is 9.59 Å². The Balaban J connectivity index is 1.15. The molecule has 2 unspecified atom stereocenters. The lowest BCUT2D eigenvalue weighted by Crippen LogP contribution is -2.65. The van der Waals surface area contributed by atoms with Crippen LogP contribution in [0.5, 0.6) is 0 Å². The number of aliphatic hydroxyl groups excluding tert-OH is 2. The van der Waals surface area contributed by atoms with E-state index in [9.17, 15) is 24.6 Å². The molecule has 14 nitrogen and oxygen atoms in total. The van der Waals surface area contributed by atoms with E-state index in [2.05, 4.69) is 41.2 Å². The second kappa shape index (κ2) is 11.4. The molecule has 206 valence electrons. The van der Waals surface area contributed by atoms with Gasteiger partial charge in [0.1, 0.15) is 18.3 Å². The van der Waals surface area contributed by atoms with Crippen molar-refractivity contribution in [3.63, 3.8) is 0 Å². The van der Waals surface area contributed by atoms with Crippen LogP contribution >= 0.6 is 11.8 Å². The quantitative estimate of drug-likeness (QED) is 0.201. The van der Waals surface area contributed by atoms with Crippen LogP contribution in [-0.4, -0.2) is 103 Å². The monoisotopic (exact) mass is 549 g/mol. The SMILES string of the molecule is CC(=O)NC1[C@H](Cc2cnc3nonc3c2)OC(CNC(=O)CCC[C@@H]2SC[C@@H]3NC(=O)N[C@@H]32)[C@@H](O)[C@@H]1O. The Morgan fingerprint density at radius 1 is 1.21 bits per heavy atom. The number of fused-ring (bicyclic) bond motifs is 2. The first-order valence-corrected chi connectivity index (χ1v) is 13.6. The van der Waals surface area contributed by atoms with Gasteiger partial charge in [0.15, 0.2) is 5.52 Å². The summed E-state index contributed by atoms with van der Waals surface area (Å²) in [7, 11) is 0. The van der Waals surface area contributed by atoms with Crippen LogP contribution in [0.4, 0.5) is 4.79 Å². The van der Waals surface area contributed by atoms with E-state index in [0.29, 0.717) is 23.1 Å². The highest BCUT2D eigenvalue weighted by atomic mass is 32.2. The number of pyridine rings is 1. The molecule has 4 amide bonds. The van der Waals surface area contributed by atoms with Crippen LogP contribution in [0.15, 0.2) is 16.9 Å². The van der Waals surface area contributed by atoms with Gasteiger partial charge < -0.3 is 36.2 Å². The first kappa shape index (κ1) is 26.6. The van der Waals surface area contributed by atoms with Crippen molar-refractivity contribution in [1.82, 2.24) is 36.6 Å². The maximum Gasteiger partial charge on any atom is 0.315 e. The van der Waals surface area contributed by atoms with Gasteiger partial charge in [0, 0.05) is 43.5 Å². The predicted molar refractivity (Wildman–Crippen MR) is 134 cm³/mol. The lowest BCUT2D eigenvalue weighted by atomic mass is 9.89. The summed E-state index contributed by atoms with van der Waals surface area (Å²) in [4.78, 5) is 40.0. The zero-order valence-electron chi connectivity index (χ0n) is 20.7. The van der Waals surface area contributed by atoms with Gasteiger partial charge in [0.2, 0.25) is 17.5 Å². The van der Waals surface area contributed by atoms with E-state index in [4.69, 9.17) is 4.74 Å². The maximum atomic E-state index is 12.5. The molecule has 2 aromatic rings. The van der Waals surface area contributed by atoms with Gasteiger partial charge in [-0.25, -0.2) is 14.4 Å². The molecule has 0 aliphatic carbocycles. The third-order valence-corrected chi connectivity index (χ3v) is 8.67. The Morgan fingerprint density at radius 2 is 2.05 bits per heavy atom. The van der Waals surface area contributed by atoms with Gasteiger partial charge in [-0.15, -0.1) is 0 Å². The standard InChI is InChI=1S/C23H31N7O7S/c1-10(31)26-19-14(6-11-5-12-22(25-7-11)30-37-29-12)36-15(20(33)21(19)34)8-24-17(32)4-2-3-16-18-13(9-38-16)27-23(35)28-18/h5,7,13-16,18-21,33-34H,2-4,6,8-9H2,1H3,(H,24,32)(H,26,31)(H2,27,28,35)/t13-,14-,15?,16-,18-,19?,20+,21+/m0/s1. The lowest BCUT2D eigenvalue weighted by molar-refractivity contribution is -0.184. The van der Waals surface area contributed by atoms with Gasteiger partial charge in [0.05, 0.1) is 24.2 Å². The molecule has 3 saturated heterocycles. The Morgan fingerprint density at radius 3 is 2.87 bits per heavy atom. The third-order valence-electron chi connectivity index (χ3n) is 7.16. The van der Waals surface area contributed by atoms with E-state index in [1.54, 1.807) is 24.0 Å². The normalized spacial score (nSPS) is 32.4. The largest absolute Gasteiger partial charge is 0.388 e. The number of ether oxygens (including phenoxy) is 1. The van der Waals surface area contributed by atoms with Crippen molar-refractivity contribution in [2.24, 2.45) is 0 Å². The Labute approximate surface area is 222 Å². The minimum atomic E-state index is -1.32. The van der Waals surface area contributed by atoms with Crippen LogP contribution in [0.25, 0.3) is 11.2 Å². The van der Waals surface area contributed by atoms with E-state index in [1.807, 2.05) is 0 Å². The molecule has 6 N–H and O–H groups in total. The van der Waals surface area contributed by atoms with E-state index in [1.165, 1.54) is 6.92 Å². The summed E-state index contributed by atoms with van der Waals surface area (Å²) in [6.45, 7) is 1.31. The highest BCUT2D eigenvalue weighted by molar-refractivity contribution is 8.00. The van der Waals surface area contributed by atoms with Crippen LogP contribution in [0.3, 0.4) is 0 Å². The Hall–Kier alpha value is -3.01. The summed E-state index contributed by atoms with van der Waals surface area (Å²) in [5.74, 6) is 0.284. The van der Waals surface area contributed by atoms with Crippen LogP contribution in [0.2, 0.25) is 0 Å². The number of carbonyl (C=O) groups excluding carboxylic acids is 3. The molecule has 0 saturated carbocycles. The molecule has 3 aliphatic rings. The first-order valence-electron chi connectivity index (χ1n) is 12.6. The fourth-order valence-electron chi connectivity index (χ4n) is 5.28. The number of nitrogens with zero attached hydrogens (tertiary/aromatic N) is 3. The Bertz CT molecular complexity index is 1180. The zero-order valence-corrected chi connectivity index (χ0v) is 21.5. The number of thioether (sulfide) groups is 1. The average molecular weight is 550 g/mol. The number of aliphatic hydroxyl groups is 2. The summed E-state index contributed by atoms with van der Waals surface area (Å²) in [6, 6.07) is 0.940. The van der Waals surface area contributed by atoms with E-state index < -0.39 is 30.5 Å². The van der Waals surface area contributed by atoms with E-state index in [0.717, 1.165) is 12.2 Å². The molecular weight excluding hydrogens is 518 g/mol. The first-order chi connectivity index (χ1) is 18.3. The second-order valence-corrected chi connectivity index (χ2v) is 11.2. The van der Waals surface area contributed by atoms with Crippen LogP contribution in [0.1, 0.15) is 31.7 Å². The fraction of sp³-hybridized carbons (Fsp3) is 0.652. The average Bonchev–Trinajstić information content (AvgIpc) is 3.59. The van der Waals surface area contributed by atoms with Gasteiger partial charge in [0.25, 0.3) is 0 Å². The number of amides is 4. The smallest absolute Gasteiger partial charge is 0.315 e. The summed E-state index contributed by atoms with van der Waals surface area (Å²) in [5.41, 5.74) is 1.52. The minimum absolute atomic E-state index is 0.00625. The molecule has 15 heteroatoms. The number of hydrogen-bond donors (Lipinski definition) is 6. The van der Waals surface area contributed by atoms with Gasteiger partial charge in [-0.05, 0) is 34.8 Å². The molecule has 8 atom stereocenters. The summed E-state index contributed by atoms with van der Waals surface area (Å²) < 4.78 is 10.8. The highest BCUT2D eigenvalue weighted by Gasteiger charge is 2.45. The summed E-state index contributed by atoms with van der Waals surface area (Å²) in [6.07, 6.45) is -0.672. The number of carbonyl (C=O) groups is 3. The molecule has 38 heavy (non-hydrogen) atoms. The maximum absolute atomic E-state index is 12.5. The van der Waals surface area contributed by atoms with Crippen molar-refractivity contribution < 1.29 is 34.0 Å². The van der Waals surface area contributed by atoms with Crippen molar-refractivity contribution in [1.29, 1.82) is 0 Å². The summed E-state index contributed by atoms with van der Waals surface area (Å²) >= 11 is 1.79. The van der Waals surface area contributed by atoms with Crippen LogP contribution in [0, 0.1) is 0 Å². The molecule has 0 radical (unpaired) electrons. The molecular formula is C23H31N7O7S. The van der Waals surface area contributed by atoms with Crippen molar-refractivity contribution >= 4 is 40.8 Å². The highest BCUT2D eigenvalue weighted by Crippen LogP contribution is 2.33. The molecule has 0 aromatic carbocycles. The van der Waals surface area contributed by atoms with Gasteiger partial charge >= 0.3 is 6.03 Å². The van der Waals surface area contributed by atoms with Crippen LogP contribution < -0.4 is 21.3 Å². The summed E-state index contributed by atoms with van der Waals surface area (Å²) in [5, 5.41) is 40.5. The predicted octanol–water partition coefficient (Wildman–Crippen LogP) is -1.39. The number of urea groups is 1. The van der Waals surface area contributed by atoms with Crippen molar-refractivity contribution in [2.75, 3.05) is 12.3 Å². The molecule has 0 bridgehead atoms. The third kappa shape index (κ3) is 5.85. The molecule has 3 fully saturated rings. The van der Waals surface area contributed by atoms with E-state index in [-0.39, 0.29) is 54.6 Å². The second-order valence-electron chi connectivity index (χ2n) is 9.89. The van der Waals surface area contributed by atoms with Gasteiger partial charge in [-0.1, -0.05) is 0 Å². The Kier molecular flexibility index (Phi) is 7.97. The van der Waals surface area contributed by atoms with Crippen LogP contribution in [-0.2, 0) is 20.7 Å². The fourth-order valence-corrected chi connectivity index (χ4v) is 6.82. The minimum Gasteiger partial charge on any atom is -0.388 e. The molecule has 5 rings (SSSR count). The van der Waals surface area contributed by atoms with Crippen molar-refractivity contribution in [3.8, 4) is 0 Å².